The molecule has 0 aromatic rings. The predicted octanol–water partition coefficient (Wildman–Crippen LogP) is 3.95. The smallest absolute Gasteiger partial charge is 0.364 e. The summed E-state index contributed by atoms with van der Waals surface area (Å²) in [5.74, 6) is -4.20. The number of rotatable bonds is 13. The molecule has 0 unspecified atom stereocenters. The van der Waals surface area contributed by atoms with Gasteiger partial charge in [0.2, 0.25) is 0 Å². The molecule has 0 saturated carbocycles. The van der Waals surface area contributed by atoms with Gasteiger partial charge in [0.05, 0.1) is 0 Å². The first kappa shape index (κ1) is 20.6. The molecule has 0 aromatic carbocycles. The van der Waals surface area contributed by atoms with Crippen molar-refractivity contribution in [1.29, 1.82) is 0 Å². The molecule has 0 amide bonds. The average molecular weight is 310 g/mol. The summed E-state index contributed by atoms with van der Waals surface area (Å²) in [6, 6.07) is 0. The standard InChI is InChI=1S/C18H30O4/c1-2-3-4-5-6-7-8-9-10-11-12-13-14-15-16-18(21,22)17(19)20/h6-7,9-10,12-13,21-22H,2-5,8,11,14-16H2,1H3,(H,19,20)/b7-6-,10-9-,13-12-. The zero-order valence-electron chi connectivity index (χ0n) is 13.6. The normalized spacial score (nSPS) is 12.9. The van der Waals surface area contributed by atoms with Crippen LogP contribution in [0.2, 0.25) is 0 Å². The number of carbonyl (C=O) groups is 1. The summed E-state index contributed by atoms with van der Waals surface area (Å²) in [5.41, 5.74) is 0. The van der Waals surface area contributed by atoms with Crippen LogP contribution in [0.1, 0.15) is 64.7 Å². The predicted molar refractivity (Wildman–Crippen MR) is 89.5 cm³/mol. The van der Waals surface area contributed by atoms with Crippen LogP contribution in [-0.2, 0) is 4.79 Å². The number of hydrogen-bond donors (Lipinski definition) is 3. The monoisotopic (exact) mass is 310 g/mol. The van der Waals surface area contributed by atoms with E-state index in [1.54, 1.807) is 0 Å². The van der Waals surface area contributed by atoms with Gasteiger partial charge in [-0.05, 0) is 38.5 Å². The average Bonchev–Trinajstić information content (AvgIpc) is 2.47. The summed E-state index contributed by atoms with van der Waals surface area (Å²) in [6.07, 6.45) is 20.2. The fourth-order valence-corrected chi connectivity index (χ4v) is 1.86. The van der Waals surface area contributed by atoms with Gasteiger partial charge in [0.15, 0.2) is 0 Å². The van der Waals surface area contributed by atoms with Gasteiger partial charge in [-0.25, -0.2) is 4.79 Å². The lowest BCUT2D eigenvalue weighted by atomic mass is 10.1. The Bertz CT molecular complexity index is 367. The van der Waals surface area contributed by atoms with Crippen molar-refractivity contribution in [1.82, 2.24) is 0 Å². The van der Waals surface area contributed by atoms with Gasteiger partial charge >= 0.3 is 5.97 Å². The quantitative estimate of drug-likeness (QED) is 0.273. The van der Waals surface area contributed by atoms with E-state index in [1.165, 1.54) is 19.3 Å². The molecule has 0 atom stereocenters. The van der Waals surface area contributed by atoms with Crippen molar-refractivity contribution in [3.05, 3.63) is 36.5 Å². The summed E-state index contributed by atoms with van der Waals surface area (Å²) in [6.45, 7) is 2.20. The van der Waals surface area contributed by atoms with Gasteiger partial charge in [0.1, 0.15) is 0 Å². The van der Waals surface area contributed by atoms with E-state index in [-0.39, 0.29) is 6.42 Å². The second-order valence-corrected chi connectivity index (χ2v) is 5.40. The Balaban J connectivity index is 3.54. The molecule has 4 heteroatoms. The second kappa shape index (κ2) is 13.3. The number of aliphatic carboxylic acids is 1. The molecule has 0 spiro atoms. The van der Waals surface area contributed by atoms with Crippen LogP contribution in [0.25, 0.3) is 0 Å². The lowest BCUT2D eigenvalue weighted by molar-refractivity contribution is -0.205. The van der Waals surface area contributed by atoms with Crippen molar-refractivity contribution >= 4 is 5.97 Å². The zero-order valence-corrected chi connectivity index (χ0v) is 13.6. The summed E-state index contributed by atoms with van der Waals surface area (Å²) < 4.78 is 0. The van der Waals surface area contributed by atoms with Gasteiger partial charge in [0, 0.05) is 6.42 Å². The molecular weight excluding hydrogens is 280 g/mol. The van der Waals surface area contributed by atoms with Crippen LogP contribution in [0.4, 0.5) is 0 Å². The highest BCUT2D eigenvalue weighted by atomic mass is 16.5. The minimum absolute atomic E-state index is 0.161. The van der Waals surface area contributed by atoms with Crippen molar-refractivity contribution in [2.24, 2.45) is 0 Å². The zero-order chi connectivity index (χ0) is 16.7. The molecule has 0 rings (SSSR count). The summed E-state index contributed by atoms with van der Waals surface area (Å²) in [4.78, 5) is 10.5. The fourth-order valence-electron chi connectivity index (χ4n) is 1.86. The highest BCUT2D eigenvalue weighted by molar-refractivity contribution is 5.74. The highest BCUT2D eigenvalue weighted by Crippen LogP contribution is 2.11. The Morgan fingerprint density at radius 3 is 1.86 bits per heavy atom. The Morgan fingerprint density at radius 2 is 1.36 bits per heavy atom. The lowest BCUT2D eigenvalue weighted by Gasteiger charge is -2.14. The van der Waals surface area contributed by atoms with Gasteiger partial charge in [-0.15, -0.1) is 0 Å². The third-order valence-corrected chi connectivity index (χ3v) is 3.26. The Kier molecular flexibility index (Phi) is 12.4. The minimum atomic E-state index is -2.60. The van der Waals surface area contributed by atoms with E-state index in [0.29, 0.717) is 12.8 Å². The maximum absolute atomic E-state index is 10.5. The largest absolute Gasteiger partial charge is 0.477 e. The molecule has 0 heterocycles. The van der Waals surface area contributed by atoms with Crippen LogP contribution in [0.5, 0.6) is 0 Å². The van der Waals surface area contributed by atoms with Crippen molar-refractivity contribution < 1.29 is 20.1 Å². The first-order valence-corrected chi connectivity index (χ1v) is 8.14. The molecule has 0 fully saturated rings. The molecule has 0 bridgehead atoms. The SMILES string of the molecule is CCCCC/C=C\C/C=C\C/C=C\CCCC(O)(O)C(=O)O. The van der Waals surface area contributed by atoms with Gasteiger partial charge in [-0.2, -0.15) is 0 Å². The molecule has 3 N–H and O–H groups in total. The number of unbranched alkanes of at least 4 members (excludes halogenated alkanes) is 4. The van der Waals surface area contributed by atoms with Crippen LogP contribution < -0.4 is 0 Å². The van der Waals surface area contributed by atoms with Gasteiger partial charge in [-0.3, -0.25) is 0 Å². The minimum Gasteiger partial charge on any atom is -0.477 e. The molecule has 22 heavy (non-hydrogen) atoms. The molecule has 126 valence electrons. The van der Waals surface area contributed by atoms with E-state index in [0.717, 1.165) is 19.3 Å². The maximum atomic E-state index is 10.5. The number of carboxylic acids is 1. The Hall–Kier alpha value is -1.39. The molecule has 4 nitrogen and oxygen atoms in total. The van der Waals surface area contributed by atoms with Crippen LogP contribution in [0, 0.1) is 0 Å². The molecule has 0 aliphatic carbocycles. The molecule has 0 radical (unpaired) electrons. The van der Waals surface area contributed by atoms with Crippen molar-refractivity contribution in [2.45, 2.75) is 70.5 Å². The Morgan fingerprint density at radius 1 is 0.864 bits per heavy atom. The first-order chi connectivity index (χ1) is 10.5. The van der Waals surface area contributed by atoms with E-state index in [1.807, 2.05) is 12.2 Å². The van der Waals surface area contributed by atoms with Crippen molar-refractivity contribution in [2.75, 3.05) is 0 Å². The van der Waals surface area contributed by atoms with Crippen LogP contribution in [0.3, 0.4) is 0 Å². The van der Waals surface area contributed by atoms with Crippen LogP contribution >= 0.6 is 0 Å². The third kappa shape index (κ3) is 12.4. The van der Waals surface area contributed by atoms with Crippen LogP contribution in [-0.4, -0.2) is 27.1 Å². The second-order valence-electron chi connectivity index (χ2n) is 5.40. The molecule has 0 saturated heterocycles. The first-order valence-electron chi connectivity index (χ1n) is 8.14. The van der Waals surface area contributed by atoms with Gasteiger partial charge in [-0.1, -0.05) is 56.2 Å². The number of hydrogen-bond acceptors (Lipinski definition) is 3. The molecule has 0 aliphatic heterocycles. The molecule has 0 aliphatic rings. The topological polar surface area (TPSA) is 77.8 Å². The summed E-state index contributed by atoms with van der Waals surface area (Å²) >= 11 is 0. The fraction of sp³-hybridized carbons (Fsp3) is 0.611. The van der Waals surface area contributed by atoms with E-state index in [4.69, 9.17) is 15.3 Å². The van der Waals surface area contributed by atoms with E-state index in [9.17, 15) is 4.79 Å². The summed E-state index contributed by atoms with van der Waals surface area (Å²) in [7, 11) is 0. The number of carboxylic acid groups (broad SMARTS) is 1. The highest BCUT2D eigenvalue weighted by Gasteiger charge is 2.31. The molecule has 0 aromatic heterocycles. The van der Waals surface area contributed by atoms with E-state index in [2.05, 4.69) is 31.2 Å². The van der Waals surface area contributed by atoms with Gasteiger partial charge in [0.25, 0.3) is 5.79 Å². The van der Waals surface area contributed by atoms with Gasteiger partial charge < -0.3 is 15.3 Å². The van der Waals surface area contributed by atoms with Crippen molar-refractivity contribution in [3.63, 3.8) is 0 Å². The van der Waals surface area contributed by atoms with E-state index >= 15 is 0 Å². The number of allylic oxidation sites excluding steroid dienone is 6. The number of aliphatic hydroxyl groups is 2. The molecular formula is C18H30O4. The maximum Gasteiger partial charge on any atom is 0.364 e. The van der Waals surface area contributed by atoms with E-state index < -0.39 is 11.8 Å². The third-order valence-electron chi connectivity index (χ3n) is 3.26. The van der Waals surface area contributed by atoms with Crippen molar-refractivity contribution in [3.8, 4) is 0 Å². The summed E-state index contributed by atoms with van der Waals surface area (Å²) in [5, 5.41) is 26.7. The lowest BCUT2D eigenvalue weighted by Crippen LogP contribution is -2.37. The van der Waals surface area contributed by atoms with Crippen LogP contribution in [0.15, 0.2) is 36.5 Å². The Labute approximate surface area is 133 Å².